The zero-order valence-electron chi connectivity index (χ0n) is 12.4. The Hall–Kier alpha value is -2.03. The standard InChI is InChI=1S/C18H21FN2/c1-2-21(17-7-3-6-16(19)12-17)13-14-8-9-18-15(11-14)5-4-10-20-18/h3,6-9,11-12,20H,2,4-5,10,13H2,1H3. The molecule has 0 aliphatic carbocycles. The molecule has 0 unspecified atom stereocenters. The number of hydrogen-bond donors (Lipinski definition) is 1. The zero-order chi connectivity index (χ0) is 14.7. The number of halogens is 1. The second-order valence-corrected chi connectivity index (χ2v) is 5.52. The van der Waals surface area contributed by atoms with Crippen LogP contribution in [0.5, 0.6) is 0 Å². The Morgan fingerprint density at radius 2 is 2.10 bits per heavy atom. The van der Waals surface area contributed by atoms with Gasteiger partial charge < -0.3 is 10.2 Å². The van der Waals surface area contributed by atoms with Gasteiger partial charge in [-0.1, -0.05) is 18.2 Å². The molecule has 0 aromatic heterocycles. The molecule has 0 radical (unpaired) electrons. The minimum absolute atomic E-state index is 0.180. The smallest absolute Gasteiger partial charge is 0.125 e. The van der Waals surface area contributed by atoms with Gasteiger partial charge in [-0.3, -0.25) is 0 Å². The number of rotatable bonds is 4. The Balaban J connectivity index is 1.81. The summed E-state index contributed by atoms with van der Waals surface area (Å²) in [4.78, 5) is 2.20. The second-order valence-electron chi connectivity index (χ2n) is 5.52. The normalized spacial score (nSPS) is 13.4. The van der Waals surface area contributed by atoms with E-state index in [9.17, 15) is 4.39 Å². The number of nitrogens with one attached hydrogen (secondary N) is 1. The highest BCUT2D eigenvalue weighted by molar-refractivity contribution is 5.55. The quantitative estimate of drug-likeness (QED) is 0.904. The van der Waals surface area contributed by atoms with Crippen molar-refractivity contribution in [1.82, 2.24) is 0 Å². The van der Waals surface area contributed by atoms with Crippen LogP contribution < -0.4 is 10.2 Å². The SMILES string of the molecule is CCN(Cc1ccc2c(c1)CCCN2)c1cccc(F)c1. The average Bonchev–Trinajstić information content (AvgIpc) is 2.52. The second kappa shape index (κ2) is 6.17. The fourth-order valence-corrected chi connectivity index (χ4v) is 2.91. The highest BCUT2D eigenvalue weighted by atomic mass is 19.1. The highest BCUT2D eigenvalue weighted by Crippen LogP contribution is 2.25. The molecule has 0 bridgehead atoms. The molecule has 110 valence electrons. The Bertz CT molecular complexity index is 624. The summed E-state index contributed by atoms with van der Waals surface area (Å²) >= 11 is 0. The van der Waals surface area contributed by atoms with Crippen molar-refractivity contribution in [1.29, 1.82) is 0 Å². The van der Waals surface area contributed by atoms with Crippen molar-refractivity contribution in [2.45, 2.75) is 26.3 Å². The third-order valence-corrected chi connectivity index (χ3v) is 4.04. The molecule has 3 rings (SSSR count). The maximum absolute atomic E-state index is 13.4. The molecular weight excluding hydrogens is 263 g/mol. The summed E-state index contributed by atoms with van der Waals surface area (Å²) in [6, 6.07) is 13.4. The monoisotopic (exact) mass is 284 g/mol. The lowest BCUT2D eigenvalue weighted by atomic mass is 10.0. The van der Waals surface area contributed by atoms with Gasteiger partial charge in [0.1, 0.15) is 5.82 Å². The molecule has 2 aromatic rings. The largest absolute Gasteiger partial charge is 0.385 e. The van der Waals surface area contributed by atoms with Crippen molar-refractivity contribution in [2.75, 3.05) is 23.3 Å². The lowest BCUT2D eigenvalue weighted by Gasteiger charge is -2.25. The first-order valence-corrected chi connectivity index (χ1v) is 7.62. The molecule has 1 aliphatic heterocycles. The van der Waals surface area contributed by atoms with Gasteiger partial charge in [0, 0.05) is 31.0 Å². The molecule has 0 saturated carbocycles. The van der Waals surface area contributed by atoms with Crippen LogP contribution in [0.1, 0.15) is 24.5 Å². The van der Waals surface area contributed by atoms with Crippen LogP contribution in [-0.4, -0.2) is 13.1 Å². The fraction of sp³-hybridized carbons (Fsp3) is 0.333. The first kappa shape index (κ1) is 13.9. The lowest BCUT2D eigenvalue weighted by Crippen LogP contribution is -2.22. The van der Waals surface area contributed by atoms with Gasteiger partial charge in [0.05, 0.1) is 0 Å². The molecule has 0 fully saturated rings. The third-order valence-electron chi connectivity index (χ3n) is 4.04. The van der Waals surface area contributed by atoms with Gasteiger partial charge in [-0.2, -0.15) is 0 Å². The molecule has 0 saturated heterocycles. The number of anilines is 2. The van der Waals surface area contributed by atoms with E-state index in [-0.39, 0.29) is 5.82 Å². The Morgan fingerprint density at radius 3 is 2.90 bits per heavy atom. The summed E-state index contributed by atoms with van der Waals surface area (Å²) in [5.41, 5.74) is 4.88. The summed E-state index contributed by atoms with van der Waals surface area (Å²) in [6.07, 6.45) is 2.33. The van der Waals surface area contributed by atoms with E-state index in [0.29, 0.717) is 0 Å². The van der Waals surface area contributed by atoms with E-state index in [0.717, 1.165) is 31.7 Å². The van der Waals surface area contributed by atoms with E-state index >= 15 is 0 Å². The van der Waals surface area contributed by atoms with Gasteiger partial charge >= 0.3 is 0 Å². The fourth-order valence-electron chi connectivity index (χ4n) is 2.91. The van der Waals surface area contributed by atoms with Crippen molar-refractivity contribution in [3.8, 4) is 0 Å². The first-order chi connectivity index (χ1) is 10.3. The van der Waals surface area contributed by atoms with Crippen LogP contribution >= 0.6 is 0 Å². The topological polar surface area (TPSA) is 15.3 Å². The summed E-state index contributed by atoms with van der Waals surface area (Å²) in [5.74, 6) is -0.180. The van der Waals surface area contributed by atoms with Gasteiger partial charge in [-0.25, -0.2) is 4.39 Å². The molecule has 1 N–H and O–H groups in total. The number of benzene rings is 2. The minimum Gasteiger partial charge on any atom is -0.385 e. The maximum Gasteiger partial charge on any atom is 0.125 e. The van der Waals surface area contributed by atoms with Crippen LogP contribution in [0.2, 0.25) is 0 Å². The van der Waals surface area contributed by atoms with Gasteiger partial charge in [0.2, 0.25) is 0 Å². The van der Waals surface area contributed by atoms with Crippen molar-refractivity contribution >= 4 is 11.4 Å². The van der Waals surface area contributed by atoms with Crippen molar-refractivity contribution in [3.05, 3.63) is 59.4 Å². The van der Waals surface area contributed by atoms with E-state index in [1.54, 1.807) is 12.1 Å². The van der Waals surface area contributed by atoms with Gasteiger partial charge in [-0.05, 0) is 55.2 Å². The molecular formula is C18H21FN2. The summed E-state index contributed by atoms with van der Waals surface area (Å²) < 4.78 is 13.4. The highest BCUT2D eigenvalue weighted by Gasteiger charge is 2.11. The van der Waals surface area contributed by atoms with Gasteiger partial charge in [-0.15, -0.1) is 0 Å². The molecule has 3 heteroatoms. The molecule has 2 nitrogen and oxygen atoms in total. The molecule has 2 aromatic carbocycles. The van der Waals surface area contributed by atoms with Crippen LogP contribution in [0.25, 0.3) is 0 Å². The Kier molecular flexibility index (Phi) is 4.09. The minimum atomic E-state index is -0.180. The van der Waals surface area contributed by atoms with Crippen molar-refractivity contribution in [3.63, 3.8) is 0 Å². The van der Waals surface area contributed by atoms with Gasteiger partial charge in [0.25, 0.3) is 0 Å². The van der Waals surface area contributed by atoms with E-state index in [1.165, 1.54) is 29.3 Å². The molecule has 0 amide bonds. The van der Waals surface area contributed by atoms with Crippen LogP contribution in [0.3, 0.4) is 0 Å². The number of fused-ring (bicyclic) bond motifs is 1. The predicted molar refractivity (Wildman–Crippen MR) is 86.4 cm³/mol. The van der Waals surface area contributed by atoms with Crippen molar-refractivity contribution in [2.24, 2.45) is 0 Å². The number of hydrogen-bond acceptors (Lipinski definition) is 2. The summed E-state index contributed by atoms with van der Waals surface area (Å²) in [6.45, 7) is 4.84. The Morgan fingerprint density at radius 1 is 1.19 bits per heavy atom. The molecule has 1 heterocycles. The molecule has 21 heavy (non-hydrogen) atoms. The molecule has 0 spiro atoms. The maximum atomic E-state index is 13.4. The predicted octanol–water partition coefficient (Wildman–Crippen LogP) is 4.21. The van der Waals surface area contributed by atoms with E-state index in [4.69, 9.17) is 0 Å². The zero-order valence-corrected chi connectivity index (χ0v) is 12.4. The third kappa shape index (κ3) is 3.18. The van der Waals surface area contributed by atoms with Crippen LogP contribution in [0, 0.1) is 5.82 Å². The van der Waals surface area contributed by atoms with Gasteiger partial charge in [0.15, 0.2) is 0 Å². The summed E-state index contributed by atoms with van der Waals surface area (Å²) in [7, 11) is 0. The van der Waals surface area contributed by atoms with E-state index in [1.807, 2.05) is 6.07 Å². The molecule has 0 atom stereocenters. The number of nitrogens with zero attached hydrogens (tertiary/aromatic N) is 1. The van der Waals surface area contributed by atoms with Crippen LogP contribution in [0.4, 0.5) is 15.8 Å². The average molecular weight is 284 g/mol. The first-order valence-electron chi connectivity index (χ1n) is 7.62. The van der Waals surface area contributed by atoms with E-state index in [2.05, 4.69) is 35.3 Å². The number of aryl methyl sites for hydroxylation is 1. The van der Waals surface area contributed by atoms with Crippen LogP contribution in [-0.2, 0) is 13.0 Å². The lowest BCUT2D eigenvalue weighted by molar-refractivity contribution is 0.626. The summed E-state index contributed by atoms with van der Waals surface area (Å²) in [5, 5.41) is 3.43. The van der Waals surface area contributed by atoms with Crippen molar-refractivity contribution < 1.29 is 4.39 Å². The van der Waals surface area contributed by atoms with Crippen LogP contribution in [0.15, 0.2) is 42.5 Å². The Labute approximate surface area is 125 Å². The van der Waals surface area contributed by atoms with E-state index < -0.39 is 0 Å². The molecule has 1 aliphatic rings.